The van der Waals surface area contributed by atoms with Crippen LogP contribution in [0.1, 0.15) is 13.8 Å². The summed E-state index contributed by atoms with van der Waals surface area (Å²) in [6.07, 6.45) is 1.53. The topological polar surface area (TPSA) is 17.1 Å². The molecular weight excluding hydrogens is 150 g/mol. The monoisotopic (exact) mass is 156 g/mol. The van der Waals surface area contributed by atoms with E-state index < -0.39 is 0 Å². The fourth-order valence-corrected chi connectivity index (χ4v) is 0. The van der Waals surface area contributed by atoms with Crippen LogP contribution in [0.15, 0.2) is 0 Å². The van der Waals surface area contributed by atoms with Crippen LogP contribution in [0.25, 0.3) is 0 Å². The Bertz CT molecular complexity index is 42.8. The van der Waals surface area contributed by atoms with Gasteiger partial charge in [-0.25, -0.2) is 0 Å². The van der Waals surface area contributed by atoms with E-state index in [0.29, 0.717) is 0 Å². The SMILES string of the molecule is C[CH-]C(C)=O.[Rb+]. The van der Waals surface area contributed by atoms with E-state index in [1.807, 2.05) is 0 Å². The first-order chi connectivity index (χ1) is 2.27. The molecule has 0 aliphatic heterocycles. The molecule has 0 amide bonds. The van der Waals surface area contributed by atoms with Crippen molar-refractivity contribution < 1.29 is 63.0 Å². The van der Waals surface area contributed by atoms with Crippen LogP contribution in [0.2, 0.25) is 0 Å². The largest absolute Gasteiger partial charge is 1.00 e. The summed E-state index contributed by atoms with van der Waals surface area (Å²) in [5.41, 5.74) is 0. The van der Waals surface area contributed by atoms with Crippen molar-refractivity contribution >= 4 is 5.78 Å². The number of carbonyl (C=O) groups excluding carboxylic acids is 1. The van der Waals surface area contributed by atoms with Crippen molar-refractivity contribution in [1.29, 1.82) is 0 Å². The Kier molecular flexibility index (Phi) is 10.9. The number of carbonyl (C=O) groups is 1. The van der Waals surface area contributed by atoms with E-state index in [9.17, 15) is 4.79 Å². The van der Waals surface area contributed by atoms with Gasteiger partial charge in [0.25, 0.3) is 0 Å². The normalized spacial score (nSPS) is 5.67. The molecule has 0 aliphatic rings. The second-order valence-electron chi connectivity index (χ2n) is 0.899. The second-order valence-corrected chi connectivity index (χ2v) is 0.899. The van der Waals surface area contributed by atoms with Crippen molar-refractivity contribution in [3.05, 3.63) is 6.42 Å². The van der Waals surface area contributed by atoms with E-state index in [0.717, 1.165) is 0 Å². The fourth-order valence-electron chi connectivity index (χ4n) is 0. The molecule has 2 heteroatoms. The third kappa shape index (κ3) is 9.02. The summed E-state index contributed by atoms with van der Waals surface area (Å²) < 4.78 is 0. The van der Waals surface area contributed by atoms with Crippen molar-refractivity contribution in [3.8, 4) is 0 Å². The summed E-state index contributed by atoms with van der Waals surface area (Å²) in [6, 6.07) is 0. The maximum absolute atomic E-state index is 9.76. The molecule has 0 aliphatic carbocycles. The van der Waals surface area contributed by atoms with Gasteiger partial charge in [0.1, 0.15) is 0 Å². The zero-order chi connectivity index (χ0) is 4.28. The maximum atomic E-state index is 9.76. The molecule has 0 unspecified atom stereocenters. The Balaban J connectivity index is 0. The minimum absolute atomic E-state index is 0. The summed E-state index contributed by atoms with van der Waals surface area (Å²) in [4.78, 5) is 9.76. The molecule has 0 N–H and O–H groups in total. The van der Waals surface area contributed by atoms with Gasteiger partial charge < -0.3 is 11.2 Å². The molecule has 0 fully saturated rings. The van der Waals surface area contributed by atoms with Crippen molar-refractivity contribution in [2.75, 3.05) is 0 Å². The average Bonchev–Trinajstić information content (AvgIpc) is 1.38. The Morgan fingerprint density at radius 3 is 1.83 bits per heavy atom. The summed E-state index contributed by atoms with van der Waals surface area (Å²) in [5, 5.41) is 0. The molecule has 0 spiro atoms. The molecule has 30 valence electrons. The molecular formula is C4H7ORb. The average molecular weight is 157 g/mol. The zero-order valence-electron chi connectivity index (χ0n) is 4.49. The van der Waals surface area contributed by atoms with Gasteiger partial charge in [0, 0.05) is 0 Å². The van der Waals surface area contributed by atoms with Crippen LogP contribution in [-0.4, -0.2) is 5.78 Å². The second kappa shape index (κ2) is 6.35. The smallest absolute Gasteiger partial charge is 0.335 e. The van der Waals surface area contributed by atoms with Crippen LogP contribution in [0, 0.1) is 6.42 Å². The van der Waals surface area contributed by atoms with Gasteiger partial charge in [-0.05, 0) is 12.7 Å². The van der Waals surface area contributed by atoms with Gasteiger partial charge in [0.2, 0.25) is 0 Å². The predicted octanol–water partition coefficient (Wildman–Crippen LogP) is -2.20. The van der Waals surface area contributed by atoms with Crippen LogP contribution < -0.4 is 58.2 Å². The van der Waals surface area contributed by atoms with Crippen LogP contribution in [0.5, 0.6) is 0 Å². The van der Waals surface area contributed by atoms with Gasteiger partial charge >= 0.3 is 58.2 Å². The Labute approximate surface area is 87.3 Å². The molecule has 0 rings (SSSR count). The summed E-state index contributed by atoms with van der Waals surface area (Å²) in [7, 11) is 0. The molecule has 0 heterocycles. The molecule has 0 aromatic heterocycles. The van der Waals surface area contributed by atoms with E-state index in [1.54, 1.807) is 6.92 Å². The minimum atomic E-state index is 0. The number of hydrogen-bond acceptors (Lipinski definition) is 1. The van der Waals surface area contributed by atoms with Crippen molar-refractivity contribution in [1.82, 2.24) is 0 Å². The third-order valence-corrected chi connectivity index (χ3v) is 0.407. The molecule has 1 nitrogen and oxygen atoms in total. The van der Waals surface area contributed by atoms with Crippen molar-refractivity contribution in [2.45, 2.75) is 13.8 Å². The number of hydrogen-bond donors (Lipinski definition) is 0. The van der Waals surface area contributed by atoms with E-state index in [4.69, 9.17) is 0 Å². The maximum Gasteiger partial charge on any atom is 1.00 e. The van der Waals surface area contributed by atoms with Gasteiger partial charge in [-0.2, -0.15) is 6.92 Å². The summed E-state index contributed by atoms with van der Waals surface area (Å²) in [5.74, 6) is 0.130. The van der Waals surface area contributed by atoms with Crippen molar-refractivity contribution in [3.63, 3.8) is 0 Å². The van der Waals surface area contributed by atoms with E-state index in [1.165, 1.54) is 13.3 Å². The molecule has 6 heavy (non-hydrogen) atoms. The number of Topliss-reactive ketones (excluding diaryl/α,β-unsaturated/α-hetero) is 1. The zero-order valence-corrected chi connectivity index (χ0v) is 9.40. The Hall–Kier alpha value is 1.35. The fraction of sp³-hybridized carbons (Fsp3) is 0.500. The van der Waals surface area contributed by atoms with Crippen LogP contribution in [0.4, 0.5) is 0 Å². The van der Waals surface area contributed by atoms with Gasteiger partial charge in [0.05, 0.1) is 0 Å². The summed E-state index contributed by atoms with van der Waals surface area (Å²) >= 11 is 0. The predicted molar refractivity (Wildman–Crippen MR) is 20.7 cm³/mol. The first-order valence-corrected chi connectivity index (χ1v) is 1.57. The van der Waals surface area contributed by atoms with E-state index in [2.05, 4.69) is 0 Å². The van der Waals surface area contributed by atoms with Crippen LogP contribution in [-0.2, 0) is 4.79 Å². The molecule has 0 aromatic carbocycles. The Morgan fingerprint density at radius 2 is 1.83 bits per heavy atom. The van der Waals surface area contributed by atoms with Crippen molar-refractivity contribution in [2.24, 2.45) is 0 Å². The quantitative estimate of drug-likeness (QED) is 0.394. The van der Waals surface area contributed by atoms with Crippen LogP contribution in [0.3, 0.4) is 0 Å². The standard InChI is InChI=1S/C4H7O.Rb/c1-3-4(2)5;/h3H,1-2H3;/q-1;+1. The molecule has 0 atom stereocenters. The number of ketones is 1. The summed E-state index contributed by atoms with van der Waals surface area (Å²) in [6.45, 7) is 3.25. The number of rotatable bonds is 1. The van der Waals surface area contributed by atoms with Gasteiger partial charge in [-0.15, -0.1) is 0 Å². The van der Waals surface area contributed by atoms with Crippen LogP contribution >= 0.6 is 0 Å². The molecule has 0 bridgehead atoms. The Morgan fingerprint density at radius 1 is 1.67 bits per heavy atom. The van der Waals surface area contributed by atoms with E-state index in [-0.39, 0.29) is 64.0 Å². The minimum Gasteiger partial charge on any atom is -0.335 e. The molecule has 0 saturated carbocycles. The first kappa shape index (κ1) is 10.4. The first-order valence-electron chi connectivity index (χ1n) is 1.57. The molecule has 0 radical (unpaired) electrons. The third-order valence-electron chi connectivity index (χ3n) is 0.407. The van der Waals surface area contributed by atoms with E-state index >= 15 is 0 Å². The van der Waals surface area contributed by atoms with Gasteiger partial charge in [0.15, 0.2) is 0 Å². The van der Waals surface area contributed by atoms with Gasteiger partial charge in [-0.1, -0.05) is 0 Å². The molecule has 0 aromatic rings. The van der Waals surface area contributed by atoms with Gasteiger partial charge in [-0.3, -0.25) is 0 Å². The molecule has 0 saturated heterocycles.